The van der Waals surface area contributed by atoms with E-state index in [9.17, 15) is 27.2 Å². The zero-order chi connectivity index (χ0) is 26.2. The van der Waals surface area contributed by atoms with Gasteiger partial charge in [-0.25, -0.2) is 9.37 Å². The molecule has 1 amide bonds. The second kappa shape index (κ2) is 9.75. The van der Waals surface area contributed by atoms with Crippen LogP contribution in [0.25, 0.3) is 0 Å². The molecule has 3 aromatic rings. The molecule has 190 valence electrons. The lowest BCUT2D eigenvalue weighted by atomic mass is 10.0. The molecule has 0 saturated carbocycles. The van der Waals surface area contributed by atoms with Crippen molar-refractivity contribution in [2.24, 2.45) is 0 Å². The number of fused-ring (bicyclic) bond motifs is 1. The van der Waals surface area contributed by atoms with Gasteiger partial charge in [0.1, 0.15) is 5.82 Å². The van der Waals surface area contributed by atoms with E-state index >= 15 is 0 Å². The van der Waals surface area contributed by atoms with Crippen LogP contribution in [0.1, 0.15) is 58.2 Å². The number of nitrogens with zero attached hydrogens (tertiary/aromatic N) is 3. The molecule has 36 heavy (non-hydrogen) atoms. The highest BCUT2D eigenvalue weighted by Gasteiger charge is 2.31. The molecule has 1 atom stereocenters. The van der Waals surface area contributed by atoms with Crippen LogP contribution < -0.4 is 10.9 Å². The molecule has 0 saturated heterocycles. The van der Waals surface area contributed by atoms with Crippen molar-refractivity contribution in [1.29, 1.82) is 0 Å². The molecule has 1 N–H and O–H groups in total. The minimum atomic E-state index is -4.42. The number of nitrogens with one attached hydrogen (secondary N) is 1. The number of aryl methyl sites for hydroxylation is 1. The summed E-state index contributed by atoms with van der Waals surface area (Å²) < 4.78 is 54.4. The predicted octanol–water partition coefficient (Wildman–Crippen LogP) is 5.10. The Labute approximate surface area is 205 Å². The average molecular weight is 503 g/mol. The number of amides is 1. The highest BCUT2D eigenvalue weighted by molar-refractivity contribution is 5.94. The molecule has 0 fully saturated rings. The van der Waals surface area contributed by atoms with Crippen LogP contribution >= 0.6 is 0 Å². The summed E-state index contributed by atoms with van der Waals surface area (Å²) in [5.41, 5.74) is 1.13. The molecule has 10 heteroatoms. The molecule has 1 aliphatic heterocycles. The molecular weight excluding hydrogens is 476 g/mol. The minimum Gasteiger partial charge on any atom is -0.349 e. The Morgan fingerprint density at radius 3 is 2.47 bits per heavy atom. The average Bonchev–Trinajstić information content (AvgIpc) is 2.83. The van der Waals surface area contributed by atoms with Crippen molar-refractivity contribution in [3.63, 3.8) is 0 Å². The maximum atomic E-state index is 14.4. The lowest BCUT2D eigenvalue weighted by Gasteiger charge is -2.29. The van der Waals surface area contributed by atoms with E-state index in [1.807, 2.05) is 0 Å². The Bertz CT molecular complexity index is 1350. The number of alkyl halides is 3. The van der Waals surface area contributed by atoms with E-state index < -0.39 is 29.5 Å². The summed E-state index contributed by atoms with van der Waals surface area (Å²) in [7, 11) is 0. The number of aromatic nitrogens is 2. The number of hydrogen-bond acceptors (Lipinski definition) is 4. The zero-order valence-electron chi connectivity index (χ0n) is 20.1. The quantitative estimate of drug-likeness (QED) is 0.493. The van der Waals surface area contributed by atoms with Crippen molar-refractivity contribution in [3.8, 4) is 0 Å². The van der Waals surface area contributed by atoms with Crippen LogP contribution in [0.4, 0.5) is 23.5 Å². The van der Waals surface area contributed by atoms with E-state index in [1.165, 1.54) is 33.7 Å². The monoisotopic (exact) mass is 502 g/mol. The molecule has 2 heterocycles. The van der Waals surface area contributed by atoms with Crippen molar-refractivity contribution in [2.75, 3.05) is 11.9 Å². The molecule has 2 aromatic carbocycles. The Morgan fingerprint density at radius 2 is 1.86 bits per heavy atom. The van der Waals surface area contributed by atoms with Gasteiger partial charge < -0.3 is 10.2 Å². The molecule has 4 rings (SSSR count). The van der Waals surface area contributed by atoms with Gasteiger partial charge in [-0.1, -0.05) is 18.2 Å². The third-order valence-electron chi connectivity index (χ3n) is 6.36. The van der Waals surface area contributed by atoms with Crippen LogP contribution in [0.3, 0.4) is 0 Å². The Hall–Kier alpha value is -3.69. The zero-order valence-corrected chi connectivity index (χ0v) is 20.1. The van der Waals surface area contributed by atoms with E-state index in [1.54, 1.807) is 26.8 Å². The van der Waals surface area contributed by atoms with Gasteiger partial charge in [0, 0.05) is 19.5 Å². The van der Waals surface area contributed by atoms with Crippen molar-refractivity contribution in [3.05, 3.63) is 92.1 Å². The van der Waals surface area contributed by atoms with Crippen LogP contribution in [0.2, 0.25) is 0 Å². The minimum absolute atomic E-state index is 0.0159. The Balaban J connectivity index is 1.58. The van der Waals surface area contributed by atoms with Crippen LogP contribution in [0.5, 0.6) is 0 Å². The molecule has 0 aliphatic carbocycles. The van der Waals surface area contributed by atoms with Gasteiger partial charge >= 0.3 is 6.18 Å². The first-order valence-electron chi connectivity index (χ1n) is 11.6. The van der Waals surface area contributed by atoms with Crippen molar-refractivity contribution >= 4 is 11.9 Å². The highest BCUT2D eigenvalue weighted by atomic mass is 19.4. The summed E-state index contributed by atoms with van der Waals surface area (Å²) >= 11 is 0. The second-order valence-corrected chi connectivity index (χ2v) is 8.86. The molecule has 0 bridgehead atoms. The maximum absolute atomic E-state index is 14.4. The van der Waals surface area contributed by atoms with Gasteiger partial charge in [0.25, 0.3) is 11.5 Å². The summed E-state index contributed by atoms with van der Waals surface area (Å²) in [5, 5.41) is 3.14. The third kappa shape index (κ3) is 4.98. The van der Waals surface area contributed by atoms with Gasteiger partial charge in [-0.05, 0) is 56.2 Å². The summed E-state index contributed by atoms with van der Waals surface area (Å²) in [4.78, 5) is 32.3. The fourth-order valence-corrected chi connectivity index (χ4v) is 4.29. The summed E-state index contributed by atoms with van der Waals surface area (Å²) in [6.07, 6.45) is -4.10. The molecular formula is C26H26F4N4O2. The van der Waals surface area contributed by atoms with Gasteiger partial charge in [0.15, 0.2) is 0 Å². The van der Waals surface area contributed by atoms with Gasteiger partial charge in [-0.2, -0.15) is 13.2 Å². The SMILES string of the molecule is CCn1c(NC(C)c2ccc(C(F)(F)F)cc2)nc2c(c1=O)CN(C(=O)c1ccc(C)cc1F)CC2. The number of rotatable bonds is 5. The van der Waals surface area contributed by atoms with Crippen molar-refractivity contribution in [2.45, 2.75) is 52.5 Å². The number of halogens is 4. The normalized spacial score (nSPS) is 14.4. The summed E-state index contributed by atoms with van der Waals surface area (Å²) in [6, 6.07) is 8.80. The van der Waals surface area contributed by atoms with Crippen LogP contribution in [0.15, 0.2) is 47.3 Å². The number of carbonyl (C=O) groups excluding carboxylic acids is 1. The Morgan fingerprint density at radius 1 is 1.17 bits per heavy atom. The van der Waals surface area contributed by atoms with Gasteiger partial charge in [0.2, 0.25) is 5.95 Å². The van der Waals surface area contributed by atoms with Crippen molar-refractivity contribution < 1.29 is 22.4 Å². The standard InChI is InChI=1S/C26H26F4N4O2/c1-4-34-24(36)20-14-33(23(35)19-10-5-15(2)13-21(19)27)12-11-22(20)32-25(34)31-16(3)17-6-8-18(9-7-17)26(28,29)30/h5-10,13,16H,4,11-12,14H2,1-3H3,(H,31,32). The predicted molar refractivity (Wildman–Crippen MR) is 127 cm³/mol. The highest BCUT2D eigenvalue weighted by Crippen LogP contribution is 2.30. The van der Waals surface area contributed by atoms with Gasteiger partial charge in [0.05, 0.1) is 35.0 Å². The lowest BCUT2D eigenvalue weighted by Crippen LogP contribution is -2.41. The van der Waals surface area contributed by atoms with E-state index in [4.69, 9.17) is 0 Å². The summed E-state index contributed by atoms with van der Waals surface area (Å²) in [5.74, 6) is -0.788. The number of hydrogen-bond donors (Lipinski definition) is 1. The fraction of sp³-hybridized carbons (Fsp3) is 0.346. The fourth-order valence-electron chi connectivity index (χ4n) is 4.29. The van der Waals surface area contributed by atoms with Crippen LogP contribution in [0, 0.1) is 12.7 Å². The van der Waals surface area contributed by atoms with E-state index in [-0.39, 0.29) is 24.2 Å². The molecule has 1 unspecified atom stereocenters. The maximum Gasteiger partial charge on any atom is 0.416 e. The smallest absolute Gasteiger partial charge is 0.349 e. The molecule has 0 spiro atoms. The summed E-state index contributed by atoms with van der Waals surface area (Å²) in [6.45, 7) is 5.86. The first kappa shape index (κ1) is 25.4. The molecule has 0 radical (unpaired) electrons. The van der Waals surface area contributed by atoms with E-state index in [2.05, 4.69) is 10.3 Å². The topological polar surface area (TPSA) is 67.2 Å². The first-order chi connectivity index (χ1) is 17.0. The van der Waals surface area contributed by atoms with E-state index in [0.717, 1.165) is 12.1 Å². The number of anilines is 1. The molecule has 6 nitrogen and oxygen atoms in total. The van der Waals surface area contributed by atoms with Crippen LogP contribution in [-0.2, 0) is 25.7 Å². The number of carbonyl (C=O) groups is 1. The largest absolute Gasteiger partial charge is 0.416 e. The first-order valence-corrected chi connectivity index (χ1v) is 11.6. The second-order valence-electron chi connectivity index (χ2n) is 8.86. The lowest BCUT2D eigenvalue weighted by molar-refractivity contribution is -0.137. The van der Waals surface area contributed by atoms with E-state index in [0.29, 0.717) is 41.3 Å². The molecule has 1 aromatic heterocycles. The number of benzene rings is 2. The van der Waals surface area contributed by atoms with Gasteiger partial charge in [-0.3, -0.25) is 14.2 Å². The van der Waals surface area contributed by atoms with Gasteiger partial charge in [-0.15, -0.1) is 0 Å². The van der Waals surface area contributed by atoms with Crippen molar-refractivity contribution in [1.82, 2.24) is 14.5 Å². The third-order valence-corrected chi connectivity index (χ3v) is 6.36. The Kier molecular flexibility index (Phi) is 6.88. The molecule has 1 aliphatic rings. The van der Waals surface area contributed by atoms with Crippen LogP contribution in [-0.4, -0.2) is 26.9 Å².